The van der Waals surface area contributed by atoms with Gasteiger partial charge in [0, 0.05) is 23.6 Å². The van der Waals surface area contributed by atoms with Crippen LogP contribution in [0.5, 0.6) is 5.75 Å². The van der Waals surface area contributed by atoms with Gasteiger partial charge in [0.25, 0.3) is 0 Å². The Morgan fingerprint density at radius 3 is 3.24 bits per heavy atom. The fourth-order valence-corrected chi connectivity index (χ4v) is 1.78. The highest BCUT2D eigenvalue weighted by molar-refractivity contribution is 5.85. The molecule has 1 amide bonds. The van der Waals surface area contributed by atoms with E-state index in [9.17, 15) is 4.79 Å². The summed E-state index contributed by atoms with van der Waals surface area (Å²) in [5, 5.41) is 6.07. The summed E-state index contributed by atoms with van der Waals surface area (Å²) in [5.41, 5.74) is 9.01. The summed E-state index contributed by atoms with van der Waals surface area (Å²) in [4.78, 5) is 14.5. The molecule has 0 fully saturated rings. The minimum absolute atomic E-state index is 0.0944. The van der Waals surface area contributed by atoms with Gasteiger partial charge in [-0.3, -0.25) is 4.79 Å². The number of hydrogen-bond acceptors (Lipinski definition) is 3. The van der Waals surface area contributed by atoms with Gasteiger partial charge in [-0.2, -0.15) is 0 Å². The molecule has 1 aliphatic heterocycles. The molecule has 1 N–H and O–H groups in total. The molecule has 1 unspecified atom stereocenters. The van der Waals surface area contributed by atoms with E-state index in [2.05, 4.69) is 15.3 Å². The maximum Gasteiger partial charge on any atom is 0.231 e. The second kappa shape index (κ2) is 5.23. The first-order valence-electron chi connectivity index (χ1n) is 5.33. The van der Waals surface area contributed by atoms with E-state index in [1.807, 2.05) is 24.3 Å². The molecule has 0 radical (unpaired) electrons. The highest BCUT2D eigenvalue weighted by Gasteiger charge is 2.29. The topological polar surface area (TPSA) is 87.1 Å². The third kappa shape index (κ3) is 2.49. The van der Waals surface area contributed by atoms with Crippen LogP contribution in [0.1, 0.15) is 11.5 Å². The van der Waals surface area contributed by atoms with Gasteiger partial charge in [-0.25, -0.2) is 0 Å². The molecule has 0 saturated heterocycles. The Bertz CT molecular complexity index is 468. The number of hydrogen-bond donors (Lipinski definition) is 1. The zero-order valence-corrected chi connectivity index (χ0v) is 9.17. The van der Waals surface area contributed by atoms with Crippen molar-refractivity contribution in [1.29, 1.82) is 0 Å². The zero-order valence-electron chi connectivity index (χ0n) is 9.17. The molecule has 1 aromatic carbocycles. The van der Waals surface area contributed by atoms with Gasteiger partial charge in [0.05, 0.1) is 0 Å². The average Bonchev–Trinajstić information content (AvgIpc) is 2.78. The van der Waals surface area contributed by atoms with Gasteiger partial charge in [0.15, 0.2) is 0 Å². The van der Waals surface area contributed by atoms with Gasteiger partial charge in [-0.05, 0) is 11.6 Å². The molecule has 2 rings (SSSR count). The second-order valence-corrected chi connectivity index (χ2v) is 3.65. The Morgan fingerprint density at radius 1 is 1.59 bits per heavy atom. The third-order valence-electron chi connectivity index (χ3n) is 2.59. The number of azide groups is 1. The van der Waals surface area contributed by atoms with E-state index in [-0.39, 0.29) is 18.4 Å². The van der Waals surface area contributed by atoms with Crippen molar-refractivity contribution in [3.8, 4) is 5.75 Å². The molecule has 0 spiro atoms. The predicted molar refractivity (Wildman–Crippen MR) is 61.7 cm³/mol. The van der Waals surface area contributed by atoms with Crippen LogP contribution >= 0.6 is 0 Å². The maximum absolute atomic E-state index is 11.8. The molecule has 1 aromatic rings. The quantitative estimate of drug-likeness (QED) is 0.370. The number of rotatable bonds is 4. The molecule has 17 heavy (non-hydrogen) atoms. The van der Waals surface area contributed by atoms with Crippen LogP contribution in [0.25, 0.3) is 10.4 Å². The van der Waals surface area contributed by atoms with Gasteiger partial charge in [-0.15, -0.1) is 0 Å². The SMILES string of the molecule is [N-]=[N+]=NCCNC(=O)C1COc2ccccc21. The molecule has 6 nitrogen and oxygen atoms in total. The molecule has 0 saturated carbocycles. The summed E-state index contributed by atoms with van der Waals surface area (Å²) < 4.78 is 5.42. The first kappa shape index (κ1) is 11.3. The predicted octanol–water partition coefficient (Wildman–Crippen LogP) is 1.59. The minimum Gasteiger partial charge on any atom is -0.492 e. The summed E-state index contributed by atoms with van der Waals surface area (Å²) in [6, 6.07) is 7.50. The van der Waals surface area contributed by atoms with Gasteiger partial charge >= 0.3 is 0 Å². The van der Waals surface area contributed by atoms with Crippen LogP contribution in [0.3, 0.4) is 0 Å². The fraction of sp³-hybridized carbons (Fsp3) is 0.364. The Labute approximate surface area is 98.2 Å². The number of nitrogens with one attached hydrogen (secondary N) is 1. The highest BCUT2D eigenvalue weighted by Crippen LogP contribution is 2.33. The normalized spacial score (nSPS) is 16.6. The monoisotopic (exact) mass is 232 g/mol. The van der Waals surface area contributed by atoms with Crippen molar-refractivity contribution in [1.82, 2.24) is 5.32 Å². The first-order chi connectivity index (χ1) is 8.33. The maximum atomic E-state index is 11.8. The van der Waals surface area contributed by atoms with Crippen LogP contribution in [0.2, 0.25) is 0 Å². The smallest absolute Gasteiger partial charge is 0.231 e. The summed E-state index contributed by atoms with van der Waals surface area (Å²) in [6.07, 6.45) is 0. The summed E-state index contributed by atoms with van der Waals surface area (Å²) in [5.74, 6) is 0.406. The number of amides is 1. The third-order valence-corrected chi connectivity index (χ3v) is 2.59. The molecule has 1 aliphatic rings. The molecular formula is C11H12N4O2. The van der Waals surface area contributed by atoms with E-state index in [0.29, 0.717) is 13.2 Å². The number of carbonyl (C=O) groups is 1. The van der Waals surface area contributed by atoms with Crippen molar-refractivity contribution < 1.29 is 9.53 Å². The average molecular weight is 232 g/mol. The number of ether oxygens (including phenoxy) is 1. The van der Waals surface area contributed by atoms with Crippen molar-refractivity contribution in [2.24, 2.45) is 5.11 Å². The lowest BCUT2D eigenvalue weighted by molar-refractivity contribution is -0.122. The Hall–Kier alpha value is -2.20. The Balaban J connectivity index is 1.95. The van der Waals surface area contributed by atoms with Gasteiger partial charge in [-0.1, -0.05) is 23.3 Å². The number of fused-ring (bicyclic) bond motifs is 1. The second-order valence-electron chi connectivity index (χ2n) is 3.65. The lowest BCUT2D eigenvalue weighted by Gasteiger charge is -2.08. The molecule has 0 aliphatic carbocycles. The van der Waals surface area contributed by atoms with E-state index in [1.165, 1.54) is 0 Å². The fourth-order valence-electron chi connectivity index (χ4n) is 1.78. The van der Waals surface area contributed by atoms with Crippen LogP contribution in [0.4, 0.5) is 0 Å². The number of carbonyl (C=O) groups excluding carboxylic acids is 1. The van der Waals surface area contributed by atoms with Crippen molar-refractivity contribution >= 4 is 5.91 Å². The van der Waals surface area contributed by atoms with Crippen LogP contribution in [-0.2, 0) is 4.79 Å². The standard InChI is InChI=1S/C11H12N4O2/c12-15-14-6-5-13-11(16)9-7-17-10-4-2-1-3-8(9)10/h1-4,9H,5-7H2,(H,13,16). The summed E-state index contributed by atoms with van der Waals surface area (Å²) >= 11 is 0. The molecule has 0 aromatic heterocycles. The molecule has 1 atom stereocenters. The van der Waals surface area contributed by atoms with E-state index < -0.39 is 0 Å². The molecule has 6 heteroatoms. The number of para-hydroxylation sites is 1. The van der Waals surface area contributed by atoms with Crippen molar-refractivity contribution in [3.05, 3.63) is 40.3 Å². The van der Waals surface area contributed by atoms with Crippen LogP contribution in [0.15, 0.2) is 29.4 Å². The highest BCUT2D eigenvalue weighted by atomic mass is 16.5. The zero-order chi connectivity index (χ0) is 12.1. The lowest BCUT2D eigenvalue weighted by Crippen LogP contribution is -2.31. The minimum atomic E-state index is -0.266. The lowest BCUT2D eigenvalue weighted by atomic mass is 10.0. The molecule has 88 valence electrons. The van der Waals surface area contributed by atoms with Crippen molar-refractivity contribution in [2.45, 2.75) is 5.92 Å². The van der Waals surface area contributed by atoms with E-state index in [0.717, 1.165) is 11.3 Å². The molecular weight excluding hydrogens is 220 g/mol. The Kier molecular flexibility index (Phi) is 3.47. The van der Waals surface area contributed by atoms with Gasteiger partial charge in [0.1, 0.15) is 18.3 Å². The molecule has 1 heterocycles. The number of nitrogens with zero attached hydrogens (tertiary/aromatic N) is 3. The van der Waals surface area contributed by atoms with E-state index in [4.69, 9.17) is 10.3 Å². The van der Waals surface area contributed by atoms with Crippen LogP contribution < -0.4 is 10.1 Å². The van der Waals surface area contributed by atoms with Crippen LogP contribution in [0, 0.1) is 0 Å². The van der Waals surface area contributed by atoms with Gasteiger partial charge in [0.2, 0.25) is 5.91 Å². The van der Waals surface area contributed by atoms with Crippen LogP contribution in [-0.4, -0.2) is 25.6 Å². The van der Waals surface area contributed by atoms with E-state index >= 15 is 0 Å². The van der Waals surface area contributed by atoms with Crippen molar-refractivity contribution in [3.63, 3.8) is 0 Å². The first-order valence-corrected chi connectivity index (χ1v) is 5.33. The summed E-state index contributed by atoms with van der Waals surface area (Å²) in [6.45, 7) is 0.978. The van der Waals surface area contributed by atoms with Gasteiger partial charge < -0.3 is 10.1 Å². The van der Waals surface area contributed by atoms with E-state index in [1.54, 1.807) is 0 Å². The Morgan fingerprint density at radius 2 is 2.41 bits per heavy atom. The van der Waals surface area contributed by atoms with Crippen molar-refractivity contribution in [2.75, 3.05) is 19.7 Å². The number of benzene rings is 1. The molecule has 0 bridgehead atoms. The summed E-state index contributed by atoms with van der Waals surface area (Å²) in [7, 11) is 0. The largest absolute Gasteiger partial charge is 0.492 e.